The van der Waals surface area contributed by atoms with E-state index in [-0.39, 0.29) is 24.0 Å². The molecule has 0 spiro atoms. The van der Waals surface area contributed by atoms with Gasteiger partial charge >= 0.3 is 0 Å². The second kappa shape index (κ2) is 12.0. The van der Waals surface area contributed by atoms with Crippen LogP contribution in [-0.2, 0) is 19.4 Å². The summed E-state index contributed by atoms with van der Waals surface area (Å²) in [4.78, 5) is 7.00. The van der Waals surface area contributed by atoms with E-state index in [0.717, 1.165) is 49.0 Å². The van der Waals surface area contributed by atoms with Crippen molar-refractivity contribution in [1.82, 2.24) is 10.6 Å². The average molecular weight is 489 g/mol. The molecule has 5 nitrogen and oxygen atoms in total. The molecule has 0 unspecified atom stereocenters. The minimum atomic E-state index is 0. The maximum Gasteiger partial charge on any atom is 0.191 e. The zero-order chi connectivity index (χ0) is 18.1. The molecule has 26 heavy (non-hydrogen) atoms. The highest BCUT2D eigenvalue weighted by molar-refractivity contribution is 14.0. The van der Waals surface area contributed by atoms with Gasteiger partial charge in [0.25, 0.3) is 0 Å². The van der Waals surface area contributed by atoms with Gasteiger partial charge in [-0.05, 0) is 48.7 Å². The van der Waals surface area contributed by atoms with Crippen molar-refractivity contribution in [2.24, 2.45) is 4.99 Å². The first-order valence-electron chi connectivity index (χ1n) is 8.43. The Morgan fingerprint density at radius 3 is 2.46 bits per heavy atom. The lowest BCUT2D eigenvalue weighted by atomic mass is 10.1. The maximum atomic E-state index is 5.42. The van der Waals surface area contributed by atoms with Gasteiger partial charge in [-0.2, -0.15) is 0 Å². The number of aryl methyl sites for hydroxylation is 1. The molecule has 0 bridgehead atoms. The molecule has 0 aliphatic rings. The molecule has 0 aliphatic carbocycles. The molecule has 1 heterocycles. The summed E-state index contributed by atoms with van der Waals surface area (Å²) in [5.41, 5.74) is 1.11. The van der Waals surface area contributed by atoms with Crippen LogP contribution >= 0.6 is 35.3 Å². The topological polar surface area (TPSA) is 54.9 Å². The lowest BCUT2D eigenvalue weighted by molar-refractivity contribution is 0.398. The van der Waals surface area contributed by atoms with E-state index >= 15 is 0 Å². The van der Waals surface area contributed by atoms with Crippen molar-refractivity contribution in [2.45, 2.75) is 26.3 Å². The summed E-state index contributed by atoms with van der Waals surface area (Å²) in [5.74, 6) is 2.51. The molecule has 1 aromatic carbocycles. The number of ether oxygens (including phenoxy) is 2. The molecule has 0 saturated heterocycles. The molecule has 0 radical (unpaired) electrons. The van der Waals surface area contributed by atoms with Crippen molar-refractivity contribution >= 4 is 41.3 Å². The fraction of sp³-hybridized carbons (Fsp3) is 0.421. The van der Waals surface area contributed by atoms with Crippen molar-refractivity contribution in [1.29, 1.82) is 0 Å². The van der Waals surface area contributed by atoms with Crippen LogP contribution in [0.2, 0.25) is 0 Å². The number of benzene rings is 1. The van der Waals surface area contributed by atoms with Crippen molar-refractivity contribution in [3.63, 3.8) is 0 Å². The summed E-state index contributed by atoms with van der Waals surface area (Å²) < 4.78 is 10.7. The molecule has 2 aromatic rings. The van der Waals surface area contributed by atoms with Crippen molar-refractivity contribution < 1.29 is 9.47 Å². The molecule has 144 valence electrons. The number of methoxy groups -OCH3 is 2. The van der Waals surface area contributed by atoms with E-state index in [1.807, 2.05) is 29.5 Å². The quantitative estimate of drug-likeness (QED) is 0.336. The molecule has 1 aromatic heterocycles. The number of hydrogen-bond donors (Lipinski definition) is 2. The van der Waals surface area contributed by atoms with E-state index in [2.05, 4.69) is 34.7 Å². The van der Waals surface area contributed by atoms with Crippen LogP contribution in [0.25, 0.3) is 0 Å². The third-order valence-electron chi connectivity index (χ3n) is 3.89. The third-order valence-corrected chi connectivity index (χ3v) is 5.12. The number of nitrogens with one attached hydrogen (secondary N) is 2. The van der Waals surface area contributed by atoms with Crippen LogP contribution in [0.4, 0.5) is 0 Å². The highest BCUT2D eigenvalue weighted by Gasteiger charge is 2.06. The minimum absolute atomic E-state index is 0. The Labute approximate surface area is 177 Å². The normalized spacial score (nSPS) is 10.8. The second-order valence-corrected chi connectivity index (χ2v) is 6.75. The number of thiophene rings is 1. The molecular weight excluding hydrogens is 461 g/mol. The molecule has 0 aliphatic heterocycles. The molecule has 0 atom stereocenters. The summed E-state index contributed by atoms with van der Waals surface area (Å²) in [6.07, 6.45) is 1.90. The van der Waals surface area contributed by atoms with Gasteiger partial charge in [-0.1, -0.05) is 6.92 Å². The van der Waals surface area contributed by atoms with Gasteiger partial charge in [0, 0.05) is 23.3 Å². The lowest BCUT2D eigenvalue weighted by Gasteiger charge is -2.13. The Morgan fingerprint density at radius 2 is 1.85 bits per heavy atom. The average Bonchev–Trinajstić information content (AvgIpc) is 3.12. The Balaban J connectivity index is 0.00000338. The second-order valence-electron chi connectivity index (χ2n) is 5.50. The first-order valence-corrected chi connectivity index (χ1v) is 9.24. The first kappa shape index (κ1) is 22.6. The summed E-state index contributed by atoms with van der Waals surface area (Å²) in [6, 6.07) is 10.2. The van der Waals surface area contributed by atoms with Gasteiger partial charge in [-0.3, -0.25) is 4.99 Å². The Kier molecular flexibility index (Phi) is 10.4. The van der Waals surface area contributed by atoms with Gasteiger partial charge in [0.2, 0.25) is 0 Å². The SMILES string of the molecule is CCc1ccc(CNC(=NC)NCCc2cc(OC)ccc2OC)s1.I. The van der Waals surface area contributed by atoms with E-state index in [4.69, 9.17) is 9.47 Å². The largest absolute Gasteiger partial charge is 0.497 e. The van der Waals surface area contributed by atoms with E-state index in [1.165, 1.54) is 9.75 Å². The molecule has 7 heteroatoms. The number of nitrogens with zero attached hydrogens (tertiary/aromatic N) is 1. The highest BCUT2D eigenvalue weighted by Crippen LogP contribution is 2.24. The van der Waals surface area contributed by atoms with E-state index in [9.17, 15) is 0 Å². The summed E-state index contributed by atoms with van der Waals surface area (Å²) in [6.45, 7) is 3.72. The molecule has 0 saturated carbocycles. The van der Waals surface area contributed by atoms with Crippen LogP contribution in [0, 0.1) is 0 Å². The monoisotopic (exact) mass is 489 g/mol. The zero-order valence-electron chi connectivity index (χ0n) is 15.8. The van der Waals surface area contributed by atoms with Crippen molar-refractivity contribution in [2.75, 3.05) is 27.8 Å². The summed E-state index contributed by atoms with van der Waals surface area (Å²) in [5, 5.41) is 6.70. The van der Waals surface area contributed by atoms with Crippen molar-refractivity contribution in [3.8, 4) is 11.5 Å². The molecule has 2 rings (SSSR count). The van der Waals surface area contributed by atoms with Gasteiger partial charge in [0.1, 0.15) is 11.5 Å². The van der Waals surface area contributed by atoms with Gasteiger partial charge in [0.05, 0.1) is 20.8 Å². The number of halogens is 1. The fourth-order valence-electron chi connectivity index (χ4n) is 2.49. The number of aliphatic imine (C=N–C) groups is 1. The van der Waals surface area contributed by atoms with E-state index in [1.54, 1.807) is 21.3 Å². The molecule has 0 amide bonds. The third kappa shape index (κ3) is 6.68. The summed E-state index contributed by atoms with van der Waals surface area (Å²) in [7, 11) is 5.14. The van der Waals surface area contributed by atoms with Crippen LogP contribution in [-0.4, -0.2) is 33.8 Å². The van der Waals surface area contributed by atoms with Gasteiger partial charge in [-0.25, -0.2) is 0 Å². The zero-order valence-corrected chi connectivity index (χ0v) is 18.9. The maximum absolute atomic E-state index is 5.42. The lowest BCUT2D eigenvalue weighted by Crippen LogP contribution is -2.37. The van der Waals surface area contributed by atoms with Crippen LogP contribution in [0.5, 0.6) is 11.5 Å². The Morgan fingerprint density at radius 1 is 1.08 bits per heavy atom. The molecular formula is C19H28IN3O2S. The fourth-order valence-corrected chi connectivity index (χ4v) is 3.39. The van der Waals surface area contributed by atoms with Crippen molar-refractivity contribution in [3.05, 3.63) is 45.6 Å². The van der Waals surface area contributed by atoms with Crippen LogP contribution in [0.15, 0.2) is 35.3 Å². The van der Waals surface area contributed by atoms with Gasteiger partial charge < -0.3 is 20.1 Å². The highest BCUT2D eigenvalue weighted by atomic mass is 127. The van der Waals surface area contributed by atoms with Crippen LogP contribution in [0.3, 0.4) is 0 Å². The minimum Gasteiger partial charge on any atom is -0.497 e. The number of hydrogen-bond acceptors (Lipinski definition) is 4. The molecule has 0 fully saturated rings. The van der Waals surface area contributed by atoms with Crippen LogP contribution < -0.4 is 20.1 Å². The van der Waals surface area contributed by atoms with Gasteiger partial charge in [-0.15, -0.1) is 35.3 Å². The Bertz CT molecular complexity index is 704. The predicted octanol–water partition coefficient (Wildman–Crippen LogP) is 3.85. The standard InChI is InChI=1S/C19H27N3O2S.HI/c1-5-16-7-8-17(25-16)13-22-19(20-2)21-11-10-14-12-15(23-3)6-9-18(14)24-4;/h6-9,12H,5,10-11,13H2,1-4H3,(H2,20,21,22);1H. The number of rotatable bonds is 8. The number of guanidine groups is 1. The predicted molar refractivity (Wildman–Crippen MR) is 121 cm³/mol. The first-order chi connectivity index (χ1) is 12.2. The van der Waals surface area contributed by atoms with Gasteiger partial charge in [0.15, 0.2) is 5.96 Å². The summed E-state index contributed by atoms with van der Waals surface area (Å²) >= 11 is 1.84. The smallest absolute Gasteiger partial charge is 0.191 e. The molecule has 2 N–H and O–H groups in total. The van der Waals surface area contributed by atoms with E-state index < -0.39 is 0 Å². The Hall–Kier alpha value is -1.48. The van der Waals surface area contributed by atoms with E-state index in [0.29, 0.717) is 0 Å². The van der Waals surface area contributed by atoms with Crippen LogP contribution in [0.1, 0.15) is 22.2 Å².